The highest BCUT2D eigenvalue weighted by atomic mass is 16.8. The van der Waals surface area contributed by atoms with E-state index in [1.807, 2.05) is 0 Å². The topological polar surface area (TPSA) is 249 Å². The van der Waals surface area contributed by atoms with E-state index in [9.17, 15) is 50.8 Å². The Kier molecular flexibility index (Phi) is 8.06. The van der Waals surface area contributed by atoms with Gasteiger partial charge in [-0.15, -0.1) is 0 Å². The Morgan fingerprint density at radius 3 is 2.00 bits per heavy atom. The van der Waals surface area contributed by atoms with Crippen molar-refractivity contribution in [1.82, 2.24) is 0 Å². The highest BCUT2D eigenvalue weighted by molar-refractivity contribution is 5.88. The second kappa shape index (κ2) is 11.4. The molecule has 3 aromatic rings. The van der Waals surface area contributed by atoms with Crippen molar-refractivity contribution >= 4 is 11.0 Å². The summed E-state index contributed by atoms with van der Waals surface area (Å²) >= 11 is 0. The second-order valence-electron chi connectivity index (χ2n) is 9.61. The normalized spacial score (nSPS) is 31.9. The molecule has 0 spiro atoms. The van der Waals surface area contributed by atoms with Crippen LogP contribution in [-0.4, -0.2) is 114 Å². The first kappa shape index (κ1) is 29.0. The van der Waals surface area contributed by atoms with Gasteiger partial charge in [-0.2, -0.15) is 0 Å². The SMILES string of the molecule is O=c1c(OC2OC(CO)C(O)C(O)C2OC2OC(CO)C(O)C2O)c(-c2ccc(O)cc2)oc2cc(O)cc(O)c12. The van der Waals surface area contributed by atoms with Crippen LogP contribution in [-0.2, 0) is 14.2 Å². The van der Waals surface area contributed by atoms with Gasteiger partial charge < -0.3 is 69.3 Å². The first-order valence-corrected chi connectivity index (χ1v) is 12.4. The minimum Gasteiger partial charge on any atom is -0.508 e. The summed E-state index contributed by atoms with van der Waals surface area (Å²) in [6.45, 7) is -1.47. The van der Waals surface area contributed by atoms with E-state index in [1.165, 1.54) is 24.3 Å². The molecular formula is C26H28O15. The molecule has 0 saturated carbocycles. The van der Waals surface area contributed by atoms with Crippen molar-refractivity contribution in [1.29, 1.82) is 0 Å². The molecule has 2 fully saturated rings. The Labute approximate surface area is 230 Å². The minimum absolute atomic E-state index is 0.111. The van der Waals surface area contributed by atoms with Crippen LogP contribution >= 0.6 is 0 Å². The van der Waals surface area contributed by atoms with Gasteiger partial charge in [0.05, 0.1) is 13.2 Å². The third kappa shape index (κ3) is 5.30. The van der Waals surface area contributed by atoms with Crippen LogP contribution in [0, 0.1) is 0 Å². The first-order valence-electron chi connectivity index (χ1n) is 12.4. The number of ether oxygens (including phenoxy) is 4. The molecule has 2 aliphatic heterocycles. The second-order valence-corrected chi connectivity index (χ2v) is 9.61. The summed E-state index contributed by atoms with van der Waals surface area (Å²) in [4.78, 5) is 13.7. The van der Waals surface area contributed by atoms with Crippen molar-refractivity contribution in [3.8, 4) is 34.3 Å². The van der Waals surface area contributed by atoms with E-state index in [2.05, 4.69) is 0 Å². The standard InChI is InChI=1S/C26H28O15/c27-7-14-17(32)20(35)24(41-25-21(36)18(33)15(8-28)38-25)26(39-14)40-23-19(34)16-12(31)5-11(30)6-13(16)37-22(23)9-1-3-10(29)4-2-9/h1-6,14-15,17-18,20-21,24-33,35-36H,7-8H2. The van der Waals surface area contributed by atoms with Gasteiger partial charge in [0.25, 0.3) is 0 Å². The van der Waals surface area contributed by atoms with E-state index in [4.69, 9.17) is 23.4 Å². The third-order valence-electron chi connectivity index (χ3n) is 6.90. The lowest BCUT2D eigenvalue weighted by Crippen LogP contribution is -2.62. The maximum Gasteiger partial charge on any atom is 0.239 e. The molecule has 0 radical (unpaired) electrons. The summed E-state index contributed by atoms with van der Waals surface area (Å²) in [6, 6.07) is 7.30. The van der Waals surface area contributed by atoms with Crippen molar-refractivity contribution in [3.05, 3.63) is 46.6 Å². The summed E-state index contributed by atoms with van der Waals surface area (Å²) < 4.78 is 28.2. The average molecular weight is 580 g/mol. The maximum absolute atomic E-state index is 13.7. The van der Waals surface area contributed by atoms with Gasteiger partial charge in [-0.3, -0.25) is 4.79 Å². The molecule has 0 aliphatic carbocycles. The van der Waals surface area contributed by atoms with Crippen molar-refractivity contribution in [2.24, 2.45) is 0 Å². The van der Waals surface area contributed by atoms with Crippen LogP contribution in [0.15, 0.2) is 45.6 Å². The molecule has 2 saturated heterocycles. The molecule has 9 unspecified atom stereocenters. The number of hydrogen-bond acceptors (Lipinski definition) is 15. The Bertz CT molecular complexity index is 1440. The molecule has 41 heavy (non-hydrogen) atoms. The van der Waals surface area contributed by atoms with Crippen LogP contribution in [0.3, 0.4) is 0 Å². The number of rotatable bonds is 7. The number of benzene rings is 2. The summed E-state index contributed by atoms with van der Waals surface area (Å²) in [7, 11) is 0. The van der Waals surface area contributed by atoms with E-state index in [-0.39, 0.29) is 22.7 Å². The van der Waals surface area contributed by atoms with Gasteiger partial charge in [0.2, 0.25) is 17.5 Å². The Hall–Kier alpha value is -3.51. The first-order chi connectivity index (χ1) is 19.5. The van der Waals surface area contributed by atoms with Gasteiger partial charge in [-0.25, -0.2) is 0 Å². The van der Waals surface area contributed by atoms with E-state index in [0.29, 0.717) is 0 Å². The van der Waals surface area contributed by atoms with Crippen LogP contribution in [0.25, 0.3) is 22.3 Å². The third-order valence-corrected chi connectivity index (χ3v) is 6.90. The van der Waals surface area contributed by atoms with Gasteiger partial charge in [0.1, 0.15) is 64.8 Å². The number of aliphatic hydroxyl groups is 6. The molecule has 5 rings (SSSR count). The molecule has 9 atom stereocenters. The van der Waals surface area contributed by atoms with E-state index in [1.54, 1.807) is 0 Å². The Balaban J connectivity index is 1.60. The zero-order valence-corrected chi connectivity index (χ0v) is 21.0. The van der Waals surface area contributed by atoms with Crippen LogP contribution in [0.2, 0.25) is 0 Å². The van der Waals surface area contributed by atoms with Crippen LogP contribution in [0.5, 0.6) is 23.0 Å². The Morgan fingerprint density at radius 1 is 0.756 bits per heavy atom. The minimum atomic E-state index is -1.86. The molecule has 2 aromatic carbocycles. The Morgan fingerprint density at radius 2 is 1.37 bits per heavy atom. The van der Waals surface area contributed by atoms with E-state index < -0.39 is 96.6 Å². The van der Waals surface area contributed by atoms with Crippen molar-refractivity contribution < 1.29 is 69.3 Å². The van der Waals surface area contributed by atoms with Gasteiger partial charge in [-0.05, 0) is 24.3 Å². The molecule has 0 amide bonds. The summed E-state index contributed by atoms with van der Waals surface area (Å²) in [5.74, 6) is -2.02. The van der Waals surface area contributed by atoms with E-state index >= 15 is 0 Å². The van der Waals surface area contributed by atoms with Crippen LogP contribution in [0.1, 0.15) is 0 Å². The van der Waals surface area contributed by atoms with E-state index in [0.717, 1.165) is 12.1 Å². The van der Waals surface area contributed by atoms with Gasteiger partial charge >= 0.3 is 0 Å². The van der Waals surface area contributed by atoms with Gasteiger partial charge in [-0.1, -0.05) is 0 Å². The van der Waals surface area contributed by atoms with Crippen LogP contribution < -0.4 is 10.2 Å². The average Bonchev–Trinajstić information content (AvgIpc) is 3.21. The quantitative estimate of drug-likeness (QED) is 0.150. The maximum atomic E-state index is 13.7. The largest absolute Gasteiger partial charge is 0.508 e. The highest BCUT2D eigenvalue weighted by Crippen LogP contribution is 2.38. The molecule has 15 heteroatoms. The molecule has 15 nitrogen and oxygen atoms in total. The summed E-state index contributed by atoms with van der Waals surface area (Å²) in [6.07, 6.45) is -14.7. The predicted molar refractivity (Wildman–Crippen MR) is 134 cm³/mol. The molecule has 222 valence electrons. The van der Waals surface area contributed by atoms with Gasteiger partial charge in [0, 0.05) is 17.7 Å². The lowest BCUT2D eigenvalue weighted by atomic mass is 9.99. The molecule has 0 bridgehead atoms. The predicted octanol–water partition coefficient (Wildman–Crippen LogP) is -1.78. The van der Waals surface area contributed by atoms with Crippen molar-refractivity contribution in [2.45, 2.75) is 55.3 Å². The molecule has 3 heterocycles. The molecule has 9 N–H and O–H groups in total. The van der Waals surface area contributed by atoms with Crippen LogP contribution in [0.4, 0.5) is 0 Å². The molecule has 1 aromatic heterocycles. The number of aromatic hydroxyl groups is 3. The summed E-state index contributed by atoms with van der Waals surface area (Å²) in [5, 5.41) is 90.5. The number of aliphatic hydroxyl groups excluding tert-OH is 6. The smallest absolute Gasteiger partial charge is 0.239 e. The summed E-state index contributed by atoms with van der Waals surface area (Å²) in [5.41, 5.74) is -0.991. The fraction of sp³-hybridized carbons (Fsp3) is 0.423. The number of hydrogen-bond donors (Lipinski definition) is 9. The lowest BCUT2D eigenvalue weighted by molar-refractivity contribution is -0.320. The molecular weight excluding hydrogens is 552 g/mol. The fourth-order valence-corrected chi connectivity index (χ4v) is 4.72. The van der Waals surface area contributed by atoms with Crippen molar-refractivity contribution in [2.75, 3.05) is 13.2 Å². The zero-order valence-electron chi connectivity index (χ0n) is 21.0. The lowest BCUT2D eigenvalue weighted by Gasteiger charge is -2.42. The van der Waals surface area contributed by atoms with Gasteiger partial charge in [0.15, 0.2) is 18.2 Å². The fourth-order valence-electron chi connectivity index (χ4n) is 4.72. The molecule has 2 aliphatic rings. The number of fused-ring (bicyclic) bond motifs is 1. The number of phenolic OH excluding ortho intramolecular Hbond substituents is 3. The highest BCUT2D eigenvalue weighted by Gasteiger charge is 2.51. The zero-order chi connectivity index (χ0) is 29.6. The number of phenols is 3. The van der Waals surface area contributed by atoms with Crippen molar-refractivity contribution in [3.63, 3.8) is 0 Å². The monoisotopic (exact) mass is 580 g/mol.